The highest BCUT2D eigenvalue weighted by Gasteiger charge is 2.21. The van der Waals surface area contributed by atoms with Gasteiger partial charge in [0.05, 0.1) is 15.7 Å². The third kappa shape index (κ3) is 4.97. The first-order valence-corrected chi connectivity index (χ1v) is 10.4. The van der Waals surface area contributed by atoms with Crippen LogP contribution in [0.2, 0.25) is 5.02 Å². The fraction of sp³-hybridized carbons (Fsp3) is 0.353. The van der Waals surface area contributed by atoms with Gasteiger partial charge in [-0.1, -0.05) is 17.7 Å². The van der Waals surface area contributed by atoms with Gasteiger partial charge >= 0.3 is 0 Å². The lowest BCUT2D eigenvalue weighted by molar-refractivity contribution is -0.384. The molecule has 2 heterocycles. The number of rotatable bonds is 6. The summed E-state index contributed by atoms with van der Waals surface area (Å²) >= 11 is 9.14. The lowest BCUT2D eigenvalue weighted by Gasteiger charge is -2.34. The van der Waals surface area contributed by atoms with E-state index in [4.69, 9.17) is 11.6 Å². The summed E-state index contributed by atoms with van der Waals surface area (Å²) in [4.78, 5) is 28.9. The fourth-order valence-electron chi connectivity index (χ4n) is 2.73. The number of thioether (sulfide) groups is 1. The molecule has 6 nitrogen and oxygen atoms in total. The van der Waals surface area contributed by atoms with E-state index in [-0.39, 0.29) is 17.3 Å². The zero-order valence-corrected chi connectivity index (χ0v) is 16.4. The molecule has 0 spiro atoms. The molecule has 3 rings (SSSR count). The van der Waals surface area contributed by atoms with Crippen LogP contribution >= 0.6 is 34.7 Å². The highest BCUT2D eigenvalue weighted by atomic mass is 35.5. The molecule has 0 aliphatic carbocycles. The van der Waals surface area contributed by atoms with Crippen molar-refractivity contribution in [2.24, 2.45) is 0 Å². The number of carbonyl (C=O) groups excluding carboxylic acids is 1. The van der Waals surface area contributed by atoms with Crippen LogP contribution in [0.15, 0.2) is 40.6 Å². The summed E-state index contributed by atoms with van der Waals surface area (Å²) < 4.78 is 0. The summed E-state index contributed by atoms with van der Waals surface area (Å²) in [6, 6.07) is 8.50. The fourth-order valence-corrected chi connectivity index (χ4v) is 4.64. The number of nitrogens with zero attached hydrogens (tertiary/aromatic N) is 3. The first-order valence-electron chi connectivity index (χ1n) is 8.12. The Labute approximate surface area is 164 Å². The SMILES string of the molecule is O=C(CSc1ccc([N+](=O)[O-])cc1Cl)N1CCN(Cc2cccs2)CC1. The Bertz CT molecular complexity index is 778. The first-order chi connectivity index (χ1) is 12.5. The molecule has 0 saturated carbocycles. The van der Waals surface area contributed by atoms with Gasteiger partial charge in [0.2, 0.25) is 5.91 Å². The van der Waals surface area contributed by atoms with Crippen LogP contribution in [0.4, 0.5) is 5.69 Å². The molecule has 26 heavy (non-hydrogen) atoms. The molecule has 9 heteroatoms. The number of hydrogen-bond donors (Lipinski definition) is 0. The van der Waals surface area contributed by atoms with E-state index >= 15 is 0 Å². The van der Waals surface area contributed by atoms with Crippen molar-refractivity contribution in [3.8, 4) is 0 Å². The molecule has 1 aliphatic heterocycles. The van der Waals surface area contributed by atoms with Crippen LogP contribution in [0.25, 0.3) is 0 Å². The van der Waals surface area contributed by atoms with Gasteiger partial charge in [0.25, 0.3) is 5.69 Å². The highest BCUT2D eigenvalue weighted by Crippen LogP contribution is 2.30. The number of nitro groups is 1. The van der Waals surface area contributed by atoms with Gasteiger partial charge in [-0.25, -0.2) is 0 Å². The lowest BCUT2D eigenvalue weighted by atomic mass is 10.3. The summed E-state index contributed by atoms with van der Waals surface area (Å²) in [5, 5.41) is 13.1. The van der Waals surface area contributed by atoms with E-state index in [1.54, 1.807) is 17.4 Å². The molecule has 138 valence electrons. The lowest BCUT2D eigenvalue weighted by Crippen LogP contribution is -2.48. The first kappa shape index (κ1) is 19.2. The minimum absolute atomic E-state index is 0.0486. The number of halogens is 1. The summed E-state index contributed by atoms with van der Waals surface area (Å²) in [6.45, 7) is 4.11. The van der Waals surface area contributed by atoms with Crippen molar-refractivity contribution in [2.45, 2.75) is 11.4 Å². The van der Waals surface area contributed by atoms with Crippen molar-refractivity contribution in [2.75, 3.05) is 31.9 Å². The molecule has 1 saturated heterocycles. The van der Waals surface area contributed by atoms with Gasteiger partial charge in [0.15, 0.2) is 0 Å². The van der Waals surface area contributed by atoms with Gasteiger partial charge in [-0.05, 0) is 17.5 Å². The quantitative estimate of drug-likeness (QED) is 0.411. The third-order valence-corrected chi connectivity index (χ3v) is 6.51. The maximum Gasteiger partial charge on any atom is 0.270 e. The Kier molecular flexibility index (Phi) is 6.53. The van der Waals surface area contributed by atoms with E-state index in [0.29, 0.717) is 9.92 Å². The van der Waals surface area contributed by atoms with Crippen LogP contribution in [0, 0.1) is 10.1 Å². The maximum absolute atomic E-state index is 12.4. The van der Waals surface area contributed by atoms with E-state index in [1.165, 1.54) is 28.8 Å². The summed E-state index contributed by atoms with van der Waals surface area (Å²) in [5.41, 5.74) is -0.0486. The molecule has 1 fully saturated rings. The minimum atomic E-state index is -0.485. The highest BCUT2D eigenvalue weighted by molar-refractivity contribution is 8.00. The Balaban J connectivity index is 1.46. The molecular formula is C17H18ClN3O3S2. The molecule has 1 aromatic heterocycles. The van der Waals surface area contributed by atoms with E-state index in [1.807, 2.05) is 4.90 Å². The second kappa shape index (κ2) is 8.85. The van der Waals surface area contributed by atoms with Crippen LogP contribution in [-0.4, -0.2) is 52.6 Å². The number of benzene rings is 1. The molecule has 0 unspecified atom stereocenters. The van der Waals surface area contributed by atoms with Gasteiger partial charge in [-0.3, -0.25) is 19.8 Å². The number of nitro benzene ring substituents is 1. The molecule has 1 aliphatic rings. The Hall–Kier alpha value is -1.61. The summed E-state index contributed by atoms with van der Waals surface area (Å²) in [7, 11) is 0. The van der Waals surface area contributed by atoms with E-state index in [0.717, 1.165) is 32.7 Å². The smallest absolute Gasteiger partial charge is 0.270 e. The molecule has 1 aromatic carbocycles. The van der Waals surface area contributed by atoms with Crippen LogP contribution < -0.4 is 0 Å². The van der Waals surface area contributed by atoms with Crippen LogP contribution in [0.5, 0.6) is 0 Å². The maximum atomic E-state index is 12.4. The average Bonchev–Trinajstić information content (AvgIpc) is 3.14. The molecule has 0 radical (unpaired) electrons. The zero-order chi connectivity index (χ0) is 18.5. The van der Waals surface area contributed by atoms with Crippen LogP contribution in [0.1, 0.15) is 4.88 Å². The predicted octanol–water partition coefficient (Wildman–Crippen LogP) is 3.75. The van der Waals surface area contributed by atoms with Gasteiger partial charge in [0, 0.05) is 54.6 Å². The third-order valence-electron chi connectivity index (χ3n) is 4.16. The molecular weight excluding hydrogens is 394 g/mol. The van der Waals surface area contributed by atoms with E-state index in [9.17, 15) is 14.9 Å². The number of amides is 1. The van der Waals surface area contributed by atoms with E-state index in [2.05, 4.69) is 22.4 Å². The van der Waals surface area contributed by atoms with Crippen molar-refractivity contribution in [3.63, 3.8) is 0 Å². The molecule has 0 bridgehead atoms. The van der Waals surface area contributed by atoms with Crippen LogP contribution in [-0.2, 0) is 11.3 Å². The van der Waals surface area contributed by atoms with Crippen molar-refractivity contribution < 1.29 is 9.72 Å². The largest absolute Gasteiger partial charge is 0.339 e. The normalized spacial score (nSPS) is 15.2. The molecule has 0 N–H and O–H groups in total. The number of hydrogen-bond acceptors (Lipinski definition) is 6. The Morgan fingerprint density at radius 1 is 1.27 bits per heavy atom. The van der Waals surface area contributed by atoms with Gasteiger partial charge in [-0.15, -0.1) is 23.1 Å². The van der Waals surface area contributed by atoms with Crippen molar-refractivity contribution in [1.29, 1.82) is 0 Å². The number of carbonyl (C=O) groups is 1. The van der Waals surface area contributed by atoms with E-state index < -0.39 is 4.92 Å². The second-order valence-corrected chi connectivity index (χ2v) is 8.35. The average molecular weight is 412 g/mol. The van der Waals surface area contributed by atoms with Gasteiger partial charge < -0.3 is 4.90 Å². The topological polar surface area (TPSA) is 66.7 Å². The molecule has 2 aromatic rings. The summed E-state index contributed by atoms with van der Waals surface area (Å²) in [5.74, 6) is 0.350. The van der Waals surface area contributed by atoms with Crippen LogP contribution in [0.3, 0.4) is 0 Å². The van der Waals surface area contributed by atoms with Crippen molar-refractivity contribution >= 4 is 46.3 Å². The monoisotopic (exact) mass is 411 g/mol. The van der Waals surface area contributed by atoms with Crippen molar-refractivity contribution in [3.05, 3.63) is 55.7 Å². The standard InChI is InChI=1S/C17H18ClN3O3S2/c18-15-10-13(21(23)24)3-4-16(15)26-12-17(22)20-7-5-19(6-8-20)11-14-2-1-9-25-14/h1-4,9-10H,5-8,11-12H2. The number of thiophene rings is 1. The second-order valence-electron chi connectivity index (χ2n) is 5.90. The van der Waals surface area contributed by atoms with Gasteiger partial charge in [0.1, 0.15) is 0 Å². The minimum Gasteiger partial charge on any atom is -0.339 e. The number of non-ortho nitro benzene ring substituents is 1. The summed E-state index contributed by atoms with van der Waals surface area (Å²) in [6.07, 6.45) is 0. The Morgan fingerprint density at radius 3 is 2.65 bits per heavy atom. The Morgan fingerprint density at radius 2 is 2.04 bits per heavy atom. The zero-order valence-electron chi connectivity index (χ0n) is 14.0. The predicted molar refractivity (Wildman–Crippen MR) is 105 cm³/mol. The van der Waals surface area contributed by atoms with Crippen molar-refractivity contribution in [1.82, 2.24) is 9.80 Å². The molecule has 0 atom stereocenters. The molecule has 1 amide bonds. The van der Waals surface area contributed by atoms with Gasteiger partial charge in [-0.2, -0.15) is 0 Å². The number of piperazine rings is 1.